The average molecular weight is 565 g/mol. The van der Waals surface area contributed by atoms with Crippen LogP contribution in [0.15, 0.2) is 41.8 Å². The van der Waals surface area contributed by atoms with Crippen molar-refractivity contribution >= 4 is 52.8 Å². The molecular weight excluding hydrogens is 538 g/mol. The van der Waals surface area contributed by atoms with Gasteiger partial charge in [-0.05, 0) is 30.5 Å². The third kappa shape index (κ3) is 4.51. The fourth-order valence-electron chi connectivity index (χ4n) is 5.50. The molecule has 1 unspecified atom stereocenters. The van der Waals surface area contributed by atoms with E-state index in [9.17, 15) is 18.4 Å². The molecule has 3 heterocycles. The Balaban J connectivity index is 1.65. The smallest absolute Gasteiger partial charge is 0.325 e. The molecule has 0 bridgehead atoms. The molecule has 3 amide bonds. The van der Waals surface area contributed by atoms with Crippen molar-refractivity contribution in [2.45, 2.75) is 17.1 Å². The number of anilines is 1. The standard InChI is InChI=1S/C26H27ClF2N4O2S2/c1-4-21(34)31-7-8-32(16(13-31)14-36-3)25-18-12-19(27)22(17-6-5-15(28)11-20(17)29)24-23(18)33(9-10-37-24)26(35)30(25)2/h4-6,11-12,16,25H,1,7-10,13-14H2,2-3H3/t16-,25?/m0/s1. The van der Waals surface area contributed by atoms with E-state index < -0.39 is 17.8 Å². The van der Waals surface area contributed by atoms with Crippen molar-refractivity contribution in [2.75, 3.05) is 55.9 Å². The molecule has 37 heavy (non-hydrogen) atoms. The van der Waals surface area contributed by atoms with Crippen molar-refractivity contribution in [3.8, 4) is 11.1 Å². The number of hydrogen-bond donors (Lipinski definition) is 0. The lowest BCUT2D eigenvalue weighted by Gasteiger charge is -2.52. The number of halogens is 3. The minimum Gasteiger partial charge on any atom is -0.336 e. The molecular formula is C26H27ClF2N4O2S2. The number of piperazine rings is 1. The fraction of sp³-hybridized carbons (Fsp3) is 0.385. The SMILES string of the molecule is C=CC(=O)N1CCN(C2c3cc(Cl)c(-c4ccc(F)cc4F)c4c3N(CCS4)C(=O)N2C)[C@H](CSC)C1. The molecule has 1 saturated heterocycles. The van der Waals surface area contributed by atoms with Gasteiger partial charge in [-0.15, -0.1) is 11.8 Å². The summed E-state index contributed by atoms with van der Waals surface area (Å²) in [5, 5.41) is 0.350. The van der Waals surface area contributed by atoms with Crippen molar-refractivity contribution in [2.24, 2.45) is 0 Å². The van der Waals surface area contributed by atoms with Crippen LogP contribution in [-0.4, -0.2) is 83.7 Å². The summed E-state index contributed by atoms with van der Waals surface area (Å²) in [5.41, 5.74) is 2.29. The van der Waals surface area contributed by atoms with E-state index in [1.165, 1.54) is 30.0 Å². The Kier molecular flexibility index (Phi) is 7.46. The van der Waals surface area contributed by atoms with Gasteiger partial charge in [-0.2, -0.15) is 11.8 Å². The number of nitrogens with zero attached hydrogens (tertiary/aromatic N) is 4. The van der Waals surface area contributed by atoms with Crippen LogP contribution in [0, 0.1) is 11.6 Å². The quantitative estimate of drug-likeness (QED) is 0.460. The second kappa shape index (κ2) is 10.5. The van der Waals surface area contributed by atoms with Crippen LogP contribution in [0.2, 0.25) is 5.02 Å². The third-order valence-electron chi connectivity index (χ3n) is 7.13. The van der Waals surface area contributed by atoms with Gasteiger partial charge < -0.3 is 9.80 Å². The van der Waals surface area contributed by atoms with Crippen LogP contribution >= 0.6 is 35.1 Å². The van der Waals surface area contributed by atoms with E-state index in [-0.39, 0.29) is 23.5 Å². The lowest BCUT2D eigenvalue weighted by molar-refractivity contribution is -0.130. The molecule has 5 rings (SSSR count). The summed E-state index contributed by atoms with van der Waals surface area (Å²) in [6, 6.07) is 5.14. The van der Waals surface area contributed by atoms with Crippen LogP contribution in [0.25, 0.3) is 11.1 Å². The summed E-state index contributed by atoms with van der Waals surface area (Å²) in [7, 11) is 1.79. The molecule has 0 saturated carbocycles. The van der Waals surface area contributed by atoms with Crippen LogP contribution < -0.4 is 4.90 Å². The molecule has 0 aromatic heterocycles. The summed E-state index contributed by atoms with van der Waals surface area (Å²) < 4.78 is 28.6. The first-order valence-corrected chi connectivity index (χ1v) is 14.7. The number of carbonyl (C=O) groups excluding carboxylic acids is 2. The maximum atomic E-state index is 14.9. The van der Waals surface area contributed by atoms with Crippen molar-refractivity contribution in [3.05, 3.63) is 59.1 Å². The minimum atomic E-state index is -0.699. The minimum absolute atomic E-state index is 0.000612. The summed E-state index contributed by atoms with van der Waals surface area (Å²) >= 11 is 10.1. The average Bonchev–Trinajstić information content (AvgIpc) is 2.88. The van der Waals surface area contributed by atoms with Gasteiger partial charge in [0.15, 0.2) is 0 Å². The van der Waals surface area contributed by atoms with Gasteiger partial charge in [0.05, 0.1) is 10.7 Å². The first-order valence-electron chi connectivity index (χ1n) is 11.9. The van der Waals surface area contributed by atoms with Gasteiger partial charge in [-0.3, -0.25) is 14.6 Å². The number of hydrogen-bond acceptors (Lipinski definition) is 5. The topological polar surface area (TPSA) is 47.1 Å². The Hall–Kier alpha value is -2.27. The summed E-state index contributed by atoms with van der Waals surface area (Å²) in [6.45, 7) is 5.75. The van der Waals surface area contributed by atoms with E-state index in [4.69, 9.17) is 11.6 Å². The highest BCUT2D eigenvalue weighted by atomic mass is 35.5. The lowest BCUT2D eigenvalue weighted by atomic mass is 9.95. The molecule has 6 nitrogen and oxygen atoms in total. The summed E-state index contributed by atoms with van der Waals surface area (Å²) in [5.74, 6) is -0.0667. The number of benzene rings is 2. The van der Waals surface area contributed by atoms with E-state index in [2.05, 4.69) is 11.5 Å². The zero-order valence-corrected chi connectivity index (χ0v) is 22.9. The van der Waals surface area contributed by atoms with E-state index in [1.807, 2.05) is 12.3 Å². The maximum Gasteiger partial charge on any atom is 0.325 e. The van der Waals surface area contributed by atoms with Crippen molar-refractivity contribution in [1.82, 2.24) is 14.7 Å². The number of rotatable bonds is 5. The van der Waals surface area contributed by atoms with Crippen LogP contribution in [0.5, 0.6) is 0 Å². The van der Waals surface area contributed by atoms with Gasteiger partial charge in [-0.25, -0.2) is 13.6 Å². The van der Waals surface area contributed by atoms with Gasteiger partial charge in [-0.1, -0.05) is 18.2 Å². The monoisotopic (exact) mass is 564 g/mol. The molecule has 1 fully saturated rings. The number of thioether (sulfide) groups is 2. The van der Waals surface area contributed by atoms with E-state index >= 15 is 0 Å². The molecule has 0 radical (unpaired) electrons. The molecule has 2 aromatic carbocycles. The predicted molar refractivity (Wildman–Crippen MR) is 146 cm³/mol. The van der Waals surface area contributed by atoms with Crippen molar-refractivity contribution in [1.29, 1.82) is 0 Å². The molecule has 196 valence electrons. The Morgan fingerprint density at radius 1 is 1.27 bits per heavy atom. The van der Waals surface area contributed by atoms with Crippen LogP contribution in [0.1, 0.15) is 11.7 Å². The highest BCUT2D eigenvalue weighted by Gasteiger charge is 2.45. The molecule has 0 aliphatic carbocycles. The molecule has 2 aromatic rings. The van der Waals surface area contributed by atoms with E-state index in [0.29, 0.717) is 42.5 Å². The second-order valence-corrected chi connectivity index (χ2v) is 11.7. The van der Waals surface area contributed by atoms with Gasteiger partial charge in [0.1, 0.15) is 17.8 Å². The van der Waals surface area contributed by atoms with Crippen LogP contribution in [0.3, 0.4) is 0 Å². The van der Waals surface area contributed by atoms with Gasteiger partial charge in [0.25, 0.3) is 0 Å². The first kappa shape index (κ1) is 26.3. The highest BCUT2D eigenvalue weighted by molar-refractivity contribution is 7.99. The third-order valence-corrected chi connectivity index (χ3v) is 9.22. The lowest BCUT2D eigenvalue weighted by Crippen LogP contribution is -2.62. The Morgan fingerprint density at radius 2 is 2.05 bits per heavy atom. The van der Waals surface area contributed by atoms with Gasteiger partial charge in [0.2, 0.25) is 5.91 Å². The zero-order chi connectivity index (χ0) is 26.4. The highest BCUT2D eigenvalue weighted by Crippen LogP contribution is 2.53. The summed E-state index contributed by atoms with van der Waals surface area (Å²) in [4.78, 5) is 34.3. The van der Waals surface area contributed by atoms with E-state index in [0.717, 1.165) is 28.0 Å². The Morgan fingerprint density at radius 3 is 2.76 bits per heavy atom. The predicted octanol–water partition coefficient (Wildman–Crippen LogP) is 5.32. The number of carbonyl (C=O) groups is 2. The molecule has 3 aliphatic rings. The zero-order valence-electron chi connectivity index (χ0n) is 20.5. The molecule has 0 N–H and O–H groups in total. The van der Waals surface area contributed by atoms with Crippen molar-refractivity contribution in [3.63, 3.8) is 0 Å². The Labute approximate surface area is 228 Å². The number of amides is 3. The fourth-order valence-corrected chi connectivity index (χ4v) is 7.76. The van der Waals surface area contributed by atoms with Gasteiger partial charge >= 0.3 is 6.03 Å². The van der Waals surface area contributed by atoms with Crippen LogP contribution in [0.4, 0.5) is 19.3 Å². The van der Waals surface area contributed by atoms with Crippen molar-refractivity contribution < 1.29 is 18.4 Å². The molecule has 3 aliphatic heterocycles. The normalized spacial score (nSPS) is 21.8. The molecule has 2 atom stereocenters. The number of urea groups is 1. The summed E-state index contributed by atoms with van der Waals surface area (Å²) in [6.07, 6.45) is 2.95. The maximum absolute atomic E-state index is 14.9. The Bertz CT molecular complexity index is 1280. The van der Waals surface area contributed by atoms with E-state index in [1.54, 1.807) is 33.5 Å². The molecule has 11 heteroatoms. The van der Waals surface area contributed by atoms with Gasteiger partial charge in [0, 0.05) is 78.4 Å². The van der Waals surface area contributed by atoms with Crippen LogP contribution in [-0.2, 0) is 4.79 Å². The first-order chi connectivity index (χ1) is 17.8. The second-order valence-electron chi connectivity index (χ2n) is 9.23. The largest absolute Gasteiger partial charge is 0.336 e. The molecule has 0 spiro atoms.